The molecule has 0 bridgehead atoms. The zero-order valence-electron chi connectivity index (χ0n) is 7.79. The molecular formula is C10H11BrO3. The Morgan fingerprint density at radius 3 is 2.86 bits per heavy atom. The van der Waals surface area contributed by atoms with Crippen LogP contribution in [0.2, 0.25) is 0 Å². The van der Waals surface area contributed by atoms with E-state index in [4.69, 9.17) is 9.84 Å². The van der Waals surface area contributed by atoms with Crippen molar-refractivity contribution in [1.82, 2.24) is 0 Å². The van der Waals surface area contributed by atoms with Crippen LogP contribution in [0.5, 0.6) is 5.75 Å². The van der Waals surface area contributed by atoms with Crippen LogP contribution in [0.15, 0.2) is 22.7 Å². The first kappa shape index (κ1) is 11.0. The molecule has 0 amide bonds. The van der Waals surface area contributed by atoms with E-state index in [2.05, 4.69) is 15.9 Å². The first-order valence-corrected chi connectivity index (χ1v) is 4.97. The molecule has 14 heavy (non-hydrogen) atoms. The van der Waals surface area contributed by atoms with Gasteiger partial charge < -0.3 is 9.84 Å². The highest BCUT2D eigenvalue weighted by Crippen LogP contribution is 2.25. The number of hydrogen-bond donors (Lipinski definition) is 1. The second-order valence-corrected chi connectivity index (χ2v) is 3.72. The number of halogens is 1. The predicted molar refractivity (Wildman–Crippen MR) is 56.7 cm³/mol. The molecule has 0 saturated heterocycles. The second kappa shape index (κ2) is 5.00. The van der Waals surface area contributed by atoms with E-state index < -0.39 is 5.97 Å². The Kier molecular flexibility index (Phi) is 3.95. The van der Waals surface area contributed by atoms with Crippen LogP contribution in [0, 0.1) is 0 Å². The van der Waals surface area contributed by atoms with E-state index in [9.17, 15) is 4.79 Å². The Balaban J connectivity index is 2.74. The van der Waals surface area contributed by atoms with Crippen molar-refractivity contribution in [2.45, 2.75) is 12.8 Å². The fraction of sp³-hybridized carbons (Fsp3) is 0.300. The zero-order chi connectivity index (χ0) is 10.6. The third kappa shape index (κ3) is 3.03. The molecule has 1 N–H and O–H groups in total. The lowest BCUT2D eigenvalue weighted by Gasteiger charge is -2.05. The molecule has 0 heterocycles. The van der Waals surface area contributed by atoms with Crippen molar-refractivity contribution in [2.24, 2.45) is 0 Å². The molecular weight excluding hydrogens is 248 g/mol. The van der Waals surface area contributed by atoms with E-state index in [1.807, 2.05) is 18.2 Å². The van der Waals surface area contributed by atoms with E-state index in [-0.39, 0.29) is 6.42 Å². The number of benzene rings is 1. The first-order chi connectivity index (χ1) is 6.63. The van der Waals surface area contributed by atoms with Crippen LogP contribution < -0.4 is 4.74 Å². The third-order valence-electron chi connectivity index (χ3n) is 1.84. The summed E-state index contributed by atoms with van der Waals surface area (Å²) in [6.45, 7) is 0. The number of ether oxygens (including phenoxy) is 1. The van der Waals surface area contributed by atoms with E-state index in [0.29, 0.717) is 6.42 Å². The molecule has 0 spiro atoms. The Morgan fingerprint density at radius 2 is 2.29 bits per heavy atom. The third-order valence-corrected chi connectivity index (χ3v) is 2.50. The maximum Gasteiger partial charge on any atom is 0.303 e. The molecule has 76 valence electrons. The van der Waals surface area contributed by atoms with Crippen molar-refractivity contribution in [2.75, 3.05) is 7.11 Å². The normalized spacial score (nSPS) is 9.86. The summed E-state index contributed by atoms with van der Waals surface area (Å²) in [6, 6.07) is 5.58. The summed E-state index contributed by atoms with van der Waals surface area (Å²) in [7, 11) is 1.58. The standard InChI is InChI=1S/C10H11BrO3/c1-14-9-6-7(2-4-8(9)11)3-5-10(12)13/h2,4,6H,3,5H2,1H3,(H,12,13). The molecule has 0 radical (unpaired) electrons. The number of carboxylic acid groups (broad SMARTS) is 1. The lowest BCUT2D eigenvalue weighted by molar-refractivity contribution is -0.136. The number of hydrogen-bond acceptors (Lipinski definition) is 2. The van der Waals surface area contributed by atoms with Crippen LogP contribution in [0.25, 0.3) is 0 Å². The maximum absolute atomic E-state index is 10.4. The Morgan fingerprint density at radius 1 is 1.57 bits per heavy atom. The van der Waals surface area contributed by atoms with Crippen LogP contribution in [0.4, 0.5) is 0 Å². The van der Waals surface area contributed by atoms with Crippen LogP contribution in [0.3, 0.4) is 0 Å². The Labute approximate surface area is 90.8 Å². The molecule has 0 aliphatic heterocycles. The van der Waals surface area contributed by atoms with Gasteiger partial charge in [0.25, 0.3) is 0 Å². The van der Waals surface area contributed by atoms with E-state index in [1.54, 1.807) is 7.11 Å². The van der Waals surface area contributed by atoms with Gasteiger partial charge in [-0.25, -0.2) is 0 Å². The molecule has 1 aromatic carbocycles. The van der Waals surface area contributed by atoms with Crippen LogP contribution in [-0.4, -0.2) is 18.2 Å². The lowest BCUT2D eigenvalue weighted by Crippen LogP contribution is -1.97. The van der Waals surface area contributed by atoms with Crippen molar-refractivity contribution < 1.29 is 14.6 Å². The zero-order valence-corrected chi connectivity index (χ0v) is 9.37. The van der Waals surface area contributed by atoms with Crippen molar-refractivity contribution >= 4 is 21.9 Å². The monoisotopic (exact) mass is 258 g/mol. The minimum Gasteiger partial charge on any atom is -0.496 e. The maximum atomic E-state index is 10.4. The van der Waals surface area contributed by atoms with Gasteiger partial charge in [0.1, 0.15) is 5.75 Å². The number of carboxylic acids is 1. The summed E-state index contributed by atoms with van der Waals surface area (Å²) in [5.74, 6) is -0.0558. The number of methoxy groups -OCH3 is 1. The van der Waals surface area contributed by atoms with Gasteiger partial charge >= 0.3 is 5.97 Å². The molecule has 0 aromatic heterocycles. The molecule has 0 atom stereocenters. The number of aryl methyl sites for hydroxylation is 1. The molecule has 1 aromatic rings. The van der Waals surface area contributed by atoms with Gasteiger partial charge in [-0.15, -0.1) is 0 Å². The first-order valence-electron chi connectivity index (χ1n) is 4.17. The van der Waals surface area contributed by atoms with E-state index >= 15 is 0 Å². The molecule has 0 unspecified atom stereocenters. The topological polar surface area (TPSA) is 46.5 Å². The van der Waals surface area contributed by atoms with Crippen molar-refractivity contribution in [3.8, 4) is 5.75 Å². The second-order valence-electron chi connectivity index (χ2n) is 2.86. The molecule has 0 fully saturated rings. The highest BCUT2D eigenvalue weighted by atomic mass is 79.9. The lowest BCUT2D eigenvalue weighted by atomic mass is 10.1. The predicted octanol–water partition coefficient (Wildman–Crippen LogP) is 2.47. The quantitative estimate of drug-likeness (QED) is 0.903. The van der Waals surface area contributed by atoms with Crippen LogP contribution >= 0.6 is 15.9 Å². The molecule has 0 saturated carbocycles. The molecule has 3 nitrogen and oxygen atoms in total. The highest BCUT2D eigenvalue weighted by Gasteiger charge is 2.03. The molecule has 4 heteroatoms. The average Bonchev–Trinajstić information content (AvgIpc) is 2.16. The Bertz CT molecular complexity index is 336. The average molecular weight is 259 g/mol. The molecule has 1 rings (SSSR count). The summed E-state index contributed by atoms with van der Waals surface area (Å²) in [6.07, 6.45) is 0.670. The summed E-state index contributed by atoms with van der Waals surface area (Å²) in [5, 5.41) is 8.52. The van der Waals surface area contributed by atoms with E-state index in [1.165, 1.54) is 0 Å². The van der Waals surface area contributed by atoms with Crippen molar-refractivity contribution in [3.05, 3.63) is 28.2 Å². The smallest absolute Gasteiger partial charge is 0.303 e. The van der Waals surface area contributed by atoms with Crippen molar-refractivity contribution in [1.29, 1.82) is 0 Å². The number of carbonyl (C=O) groups is 1. The number of rotatable bonds is 4. The summed E-state index contributed by atoms with van der Waals surface area (Å²) in [5.41, 5.74) is 0.965. The molecule has 0 aliphatic rings. The van der Waals surface area contributed by atoms with Gasteiger partial charge in [-0.3, -0.25) is 4.79 Å². The van der Waals surface area contributed by atoms with Gasteiger partial charge in [-0.05, 0) is 40.0 Å². The number of aliphatic carboxylic acids is 1. The van der Waals surface area contributed by atoms with Gasteiger partial charge in [-0.1, -0.05) is 6.07 Å². The van der Waals surface area contributed by atoms with Gasteiger partial charge in [0.05, 0.1) is 11.6 Å². The largest absolute Gasteiger partial charge is 0.496 e. The summed E-state index contributed by atoms with van der Waals surface area (Å²) in [4.78, 5) is 10.4. The SMILES string of the molecule is COc1cc(CCC(=O)O)ccc1Br. The van der Waals surface area contributed by atoms with Gasteiger partial charge in [0.15, 0.2) is 0 Å². The highest BCUT2D eigenvalue weighted by molar-refractivity contribution is 9.10. The molecule has 0 aliphatic carbocycles. The van der Waals surface area contributed by atoms with Crippen LogP contribution in [0.1, 0.15) is 12.0 Å². The van der Waals surface area contributed by atoms with E-state index in [0.717, 1.165) is 15.8 Å². The fourth-order valence-corrected chi connectivity index (χ4v) is 1.52. The minimum absolute atomic E-state index is 0.144. The van der Waals surface area contributed by atoms with Crippen molar-refractivity contribution in [3.63, 3.8) is 0 Å². The fourth-order valence-electron chi connectivity index (χ4n) is 1.11. The summed E-state index contributed by atoms with van der Waals surface area (Å²) >= 11 is 3.33. The minimum atomic E-state index is -0.785. The van der Waals surface area contributed by atoms with Gasteiger partial charge in [0, 0.05) is 6.42 Å². The van der Waals surface area contributed by atoms with Gasteiger partial charge in [0.2, 0.25) is 0 Å². The van der Waals surface area contributed by atoms with Crippen LogP contribution in [-0.2, 0) is 11.2 Å². The van der Waals surface area contributed by atoms with Gasteiger partial charge in [-0.2, -0.15) is 0 Å². The Hall–Kier alpha value is -1.03. The summed E-state index contributed by atoms with van der Waals surface area (Å²) < 4.78 is 5.97.